The molecule has 0 aromatic rings. The molecule has 2 amide bonds. The largest absolute Gasteiger partial charge is 0.378 e. The Bertz CT molecular complexity index is 336. The summed E-state index contributed by atoms with van der Waals surface area (Å²) in [5.41, 5.74) is 0. The van der Waals surface area contributed by atoms with Crippen molar-refractivity contribution >= 4 is 11.8 Å². The zero-order valence-electron chi connectivity index (χ0n) is 10.0. The topological polar surface area (TPSA) is 58.6 Å². The minimum absolute atomic E-state index is 0.0273. The number of fused-ring (bicyclic) bond motifs is 2. The van der Waals surface area contributed by atoms with Crippen LogP contribution in [0.3, 0.4) is 0 Å². The Morgan fingerprint density at radius 1 is 1.18 bits per heavy atom. The van der Waals surface area contributed by atoms with Crippen LogP contribution >= 0.6 is 0 Å². The van der Waals surface area contributed by atoms with Gasteiger partial charge in [0.2, 0.25) is 11.8 Å². The number of nitrogens with one attached hydrogen (secondary N) is 1. The highest BCUT2D eigenvalue weighted by Gasteiger charge is 2.49. The van der Waals surface area contributed by atoms with E-state index in [-0.39, 0.29) is 35.8 Å². The van der Waals surface area contributed by atoms with E-state index in [1.165, 1.54) is 4.90 Å². The van der Waals surface area contributed by atoms with Gasteiger partial charge in [-0.15, -0.1) is 0 Å². The maximum atomic E-state index is 12.3. The third-order valence-electron chi connectivity index (χ3n) is 4.37. The third-order valence-corrected chi connectivity index (χ3v) is 4.37. The van der Waals surface area contributed by atoms with E-state index in [0.717, 1.165) is 19.3 Å². The first kappa shape index (κ1) is 11.2. The quantitative estimate of drug-likeness (QED) is 0.674. The van der Waals surface area contributed by atoms with Crippen LogP contribution in [0.5, 0.6) is 0 Å². The van der Waals surface area contributed by atoms with Crippen LogP contribution in [0.15, 0.2) is 0 Å². The highest BCUT2D eigenvalue weighted by atomic mass is 16.5. The maximum Gasteiger partial charge on any atom is 0.232 e. The molecule has 5 nitrogen and oxygen atoms in total. The van der Waals surface area contributed by atoms with Crippen LogP contribution in [0.1, 0.15) is 19.3 Å². The molecule has 3 aliphatic rings. The summed E-state index contributed by atoms with van der Waals surface area (Å²) in [6, 6.07) is -0.108. The molecule has 2 heterocycles. The number of hydrogen-bond acceptors (Lipinski definition) is 4. The predicted octanol–water partition coefficient (Wildman–Crippen LogP) is -0.242. The molecule has 5 heteroatoms. The van der Waals surface area contributed by atoms with Gasteiger partial charge in [-0.05, 0) is 19.3 Å². The first-order valence-corrected chi connectivity index (χ1v) is 6.32. The Balaban J connectivity index is 1.86. The summed E-state index contributed by atoms with van der Waals surface area (Å²) in [6.45, 7) is 1.38. The van der Waals surface area contributed by atoms with Crippen LogP contribution in [-0.2, 0) is 14.3 Å². The van der Waals surface area contributed by atoms with Crippen molar-refractivity contribution in [2.24, 2.45) is 11.8 Å². The number of rotatable bonds is 2. The summed E-state index contributed by atoms with van der Waals surface area (Å²) < 4.78 is 5.36. The Morgan fingerprint density at radius 2 is 1.82 bits per heavy atom. The van der Waals surface area contributed by atoms with Crippen molar-refractivity contribution in [1.82, 2.24) is 10.2 Å². The summed E-state index contributed by atoms with van der Waals surface area (Å²) >= 11 is 0. The van der Waals surface area contributed by atoms with Gasteiger partial charge in [-0.25, -0.2) is 0 Å². The van der Waals surface area contributed by atoms with Gasteiger partial charge in [0.05, 0.1) is 12.1 Å². The summed E-state index contributed by atoms with van der Waals surface area (Å²) in [6.07, 6.45) is 2.47. The molecule has 0 radical (unpaired) electrons. The standard InChI is InChI=1S/C12H18N2O3/c1-17-10-6-13-5-9(10)14-11(15)7-2-3-8(4-7)12(14)16/h7-10,13H,2-6H2,1H3/t7?,8?,9?,10-/m0/s1. The molecule has 0 aromatic carbocycles. The Kier molecular flexibility index (Phi) is 2.67. The van der Waals surface area contributed by atoms with Crippen molar-refractivity contribution < 1.29 is 14.3 Å². The van der Waals surface area contributed by atoms with E-state index >= 15 is 0 Å². The normalized spacial score (nSPS) is 41.4. The van der Waals surface area contributed by atoms with Crippen LogP contribution in [0.4, 0.5) is 0 Å². The predicted molar refractivity (Wildman–Crippen MR) is 60.1 cm³/mol. The lowest BCUT2D eigenvalue weighted by Gasteiger charge is -2.35. The molecule has 3 fully saturated rings. The minimum Gasteiger partial charge on any atom is -0.378 e. The van der Waals surface area contributed by atoms with Gasteiger partial charge in [-0.3, -0.25) is 14.5 Å². The van der Waals surface area contributed by atoms with Gasteiger partial charge in [0.15, 0.2) is 0 Å². The second-order valence-electron chi connectivity index (χ2n) is 5.25. The molecular weight excluding hydrogens is 220 g/mol. The summed E-state index contributed by atoms with van der Waals surface area (Å²) in [4.78, 5) is 26.0. The number of carbonyl (C=O) groups excluding carboxylic acids is 2. The number of hydrogen-bond donors (Lipinski definition) is 1. The molecule has 2 bridgehead atoms. The van der Waals surface area contributed by atoms with Gasteiger partial charge < -0.3 is 10.1 Å². The van der Waals surface area contributed by atoms with E-state index < -0.39 is 0 Å². The van der Waals surface area contributed by atoms with Crippen molar-refractivity contribution in [2.45, 2.75) is 31.4 Å². The first-order chi connectivity index (χ1) is 8.22. The molecule has 2 aliphatic heterocycles. The highest BCUT2D eigenvalue weighted by Crippen LogP contribution is 2.39. The van der Waals surface area contributed by atoms with Crippen molar-refractivity contribution in [2.75, 3.05) is 20.2 Å². The van der Waals surface area contributed by atoms with Gasteiger partial charge in [-0.2, -0.15) is 0 Å². The number of methoxy groups -OCH3 is 1. The van der Waals surface area contributed by atoms with Gasteiger partial charge in [0.25, 0.3) is 0 Å². The summed E-state index contributed by atoms with van der Waals surface area (Å²) in [5, 5.41) is 3.19. The molecule has 0 aromatic heterocycles. The highest BCUT2D eigenvalue weighted by molar-refractivity contribution is 6.01. The van der Waals surface area contributed by atoms with Crippen molar-refractivity contribution in [3.05, 3.63) is 0 Å². The molecule has 1 saturated carbocycles. The van der Waals surface area contributed by atoms with E-state index in [9.17, 15) is 9.59 Å². The van der Waals surface area contributed by atoms with Crippen LogP contribution in [-0.4, -0.2) is 49.1 Å². The zero-order valence-corrected chi connectivity index (χ0v) is 10.0. The first-order valence-electron chi connectivity index (χ1n) is 6.32. The number of nitrogens with zero attached hydrogens (tertiary/aromatic N) is 1. The molecule has 94 valence electrons. The molecule has 0 spiro atoms. The molecule has 3 rings (SSSR count). The van der Waals surface area contributed by atoms with Crippen LogP contribution in [0, 0.1) is 11.8 Å². The average Bonchev–Trinajstić information content (AvgIpc) is 2.95. The lowest BCUT2D eigenvalue weighted by atomic mass is 9.95. The van der Waals surface area contributed by atoms with E-state index in [1.807, 2.05) is 0 Å². The van der Waals surface area contributed by atoms with E-state index in [2.05, 4.69) is 5.32 Å². The minimum atomic E-state index is -0.108. The van der Waals surface area contributed by atoms with Gasteiger partial charge in [0.1, 0.15) is 0 Å². The average molecular weight is 238 g/mol. The number of ether oxygens (including phenoxy) is 1. The van der Waals surface area contributed by atoms with Crippen molar-refractivity contribution in [1.29, 1.82) is 0 Å². The van der Waals surface area contributed by atoms with Crippen LogP contribution in [0.2, 0.25) is 0 Å². The second kappa shape index (κ2) is 4.07. The number of amides is 2. The number of imide groups is 1. The van der Waals surface area contributed by atoms with E-state index in [1.54, 1.807) is 7.11 Å². The molecule has 1 N–H and O–H groups in total. The van der Waals surface area contributed by atoms with Crippen molar-refractivity contribution in [3.63, 3.8) is 0 Å². The van der Waals surface area contributed by atoms with E-state index in [0.29, 0.717) is 13.1 Å². The second-order valence-corrected chi connectivity index (χ2v) is 5.25. The van der Waals surface area contributed by atoms with Gasteiger partial charge in [0, 0.05) is 32.0 Å². The molecule has 1 aliphatic carbocycles. The third kappa shape index (κ3) is 1.60. The SMILES string of the molecule is CO[C@H]1CNCC1N1C(=O)C2CCC(C2)C1=O. The molecular formula is C12H18N2O3. The molecule has 3 unspecified atom stereocenters. The van der Waals surface area contributed by atoms with Gasteiger partial charge >= 0.3 is 0 Å². The van der Waals surface area contributed by atoms with Crippen molar-refractivity contribution in [3.8, 4) is 0 Å². The van der Waals surface area contributed by atoms with Crippen LogP contribution in [0.25, 0.3) is 0 Å². The van der Waals surface area contributed by atoms with Gasteiger partial charge in [-0.1, -0.05) is 0 Å². The fourth-order valence-corrected chi connectivity index (χ4v) is 3.40. The maximum absolute atomic E-state index is 12.3. The lowest BCUT2D eigenvalue weighted by Crippen LogP contribution is -2.55. The number of likely N-dealkylation sites (tertiary alicyclic amines) is 1. The molecule has 17 heavy (non-hydrogen) atoms. The number of piperidine rings is 1. The lowest BCUT2D eigenvalue weighted by molar-refractivity contribution is -0.157. The monoisotopic (exact) mass is 238 g/mol. The Hall–Kier alpha value is -0.940. The van der Waals surface area contributed by atoms with Crippen LogP contribution < -0.4 is 5.32 Å². The smallest absolute Gasteiger partial charge is 0.232 e. The number of carbonyl (C=O) groups is 2. The summed E-state index contributed by atoms with van der Waals surface area (Å²) in [5.74, 6) is 0.214. The van der Waals surface area contributed by atoms with E-state index in [4.69, 9.17) is 4.74 Å². The Labute approximate surface area is 100 Å². The Morgan fingerprint density at radius 3 is 2.41 bits per heavy atom. The summed E-state index contributed by atoms with van der Waals surface area (Å²) in [7, 11) is 1.64. The molecule has 4 atom stereocenters. The fraction of sp³-hybridized carbons (Fsp3) is 0.833. The molecule has 2 saturated heterocycles. The zero-order chi connectivity index (χ0) is 12.0. The fourth-order valence-electron chi connectivity index (χ4n) is 3.40.